The number of amides is 1. The highest BCUT2D eigenvalue weighted by molar-refractivity contribution is 8.14. The van der Waals surface area contributed by atoms with E-state index >= 15 is 0 Å². The van der Waals surface area contributed by atoms with Crippen molar-refractivity contribution in [2.45, 2.75) is 18.6 Å². The van der Waals surface area contributed by atoms with E-state index in [9.17, 15) is 13.2 Å². The van der Waals surface area contributed by atoms with Gasteiger partial charge < -0.3 is 0 Å². The van der Waals surface area contributed by atoms with Crippen molar-refractivity contribution < 1.29 is 13.2 Å². The molecule has 0 N–H and O–H groups in total. The summed E-state index contributed by atoms with van der Waals surface area (Å²) in [5.74, 6) is 0.0863. The quantitative estimate of drug-likeness (QED) is 0.780. The lowest BCUT2D eigenvalue weighted by molar-refractivity contribution is -0.117. The average Bonchev–Trinajstić information content (AvgIpc) is 2.64. The van der Waals surface area contributed by atoms with Crippen LogP contribution in [0.4, 0.5) is 5.82 Å². The van der Waals surface area contributed by atoms with E-state index in [2.05, 4.69) is 4.98 Å². The molecular formula is C10H10Cl2N2O3S. The van der Waals surface area contributed by atoms with Gasteiger partial charge in [0.25, 0.3) is 0 Å². The van der Waals surface area contributed by atoms with Crippen LogP contribution in [0.1, 0.15) is 12.0 Å². The van der Waals surface area contributed by atoms with Crippen LogP contribution in [0, 0.1) is 6.92 Å². The van der Waals surface area contributed by atoms with Gasteiger partial charge in [-0.05, 0) is 18.6 Å². The number of nitrogens with zero attached hydrogens (tertiary/aromatic N) is 2. The molecular weight excluding hydrogens is 299 g/mol. The fourth-order valence-electron chi connectivity index (χ4n) is 1.76. The molecule has 1 saturated heterocycles. The number of rotatable bonds is 2. The molecule has 5 nitrogen and oxygen atoms in total. The minimum atomic E-state index is -3.74. The second-order valence-corrected chi connectivity index (χ2v) is 7.41. The van der Waals surface area contributed by atoms with Gasteiger partial charge in [0.05, 0.1) is 5.02 Å². The van der Waals surface area contributed by atoms with Gasteiger partial charge in [-0.1, -0.05) is 11.6 Å². The predicted octanol–water partition coefficient (Wildman–Crippen LogP) is 1.72. The molecule has 1 aliphatic heterocycles. The minimum absolute atomic E-state index is 0.0265. The second-order valence-electron chi connectivity index (χ2n) is 4.10. The molecule has 2 rings (SSSR count). The second kappa shape index (κ2) is 4.68. The van der Waals surface area contributed by atoms with Gasteiger partial charge in [-0.3, -0.25) is 9.69 Å². The van der Waals surface area contributed by atoms with E-state index in [1.54, 1.807) is 13.0 Å². The molecule has 0 saturated carbocycles. The molecule has 0 bridgehead atoms. The summed E-state index contributed by atoms with van der Waals surface area (Å²) < 4.78 is 22.4. The van der Waals surface area contributed by atoms with Crippen LogP contribution in [-0.4, -0.2) is 31.1 Å². The highest BCUT2D eigenvalue weighted by Gasteiger charge is 2.38. The molecule has 0 aromatic carbocycles. The topological polar surface area (TPSA) is 67.3 Å². The van der Waals surface area contributed by atoms with Crippen molar-refractivity contribution in [3.8, 4) is 0 Å². The third kappa shape index (κ3) is 2.60. The minimum Gasteiger partial charge on any atom is -0.295 e. The molecule has 0 spiro atoms. The lowest BCUT2D eigenvalue weighted by atomic mass is 10.3. The third-order valence-corrected chi connectivity index (χ3v) is 5.06. The molecule has 1 aromatic rings. The molecule has 2 heterocycles. The summed E-state index contributed by atoms with van der Waals surface area (Å²) in [7, 11) is 1.53. The van der Waals surface area contributed by atoms with Gasteiger partial charge in [-0.25, -0.2) is 13.4 Å². The van der Waals surface area contributed by atoms with Crippen molar-refractivity contribution in [1.82, 2.24) is 4.98 Å². The van der Waals surface area contributed by atoms with Crippen LogP contribution in [0.2, 0.25) is 5.02 Å². The maximum Gasteiger partial charge on any atom is 0.237 e. The number of aromatic nitrogens is 1. The van der Waals surface area contributed by atoms with Crippen molar-refractivity contribution in [2.24, 2.45) is 0 Å². The summed E-state index contributed by atoms with van der Waals surface area (Å²) in [4.78, 5) is 17.1. The standard InChI is InChI=1S/C10H10Cl2N2O3S/c1-6-2-9(13-4-8(6)11)14-5-7(3-10(14)15)18(12,16)17/h2,4,7H,3,5H2,1H3. The highest BCUT2D eigenvalue weighted by Crippen LogP contribution is 2.27. The Morgan fingerprint density at radius 3 is 2.67 bits per heavy atom. The summed E-state index contributed by atoms with van der Waals surface area (Å²) in [6.07, 6.45) is 1.32. The van der Waals surface area contributed by atoms with Gasteiger partial charge in [0, 0.05) is 29.8 Å². The smallest absolute Gasteiger partial charge is 0.237 e. The van der Waals surface area contributed by atoms with E-state index in [0.717, 1.165) is 5.56 Å². The number of hydrogen-bond acceptors (Lipinski definition) is 4. The van der Waals surface area contributed by atoms with E-state index in [1.807, 2.05) is 0 Å². The zero-order valence-electron chi connectivity index (χ0n) is 9.43. The largest absolute Gasteiger partial charge is 0.295 e. The maximum atomic E-state index is 11.8. The molecule has 98 valence electrons. The van der Waals surface area contributed by atoms with Crippen LogP contribution in [0.5, 0.6) is 0 Å². The number of carbonyl (C=O) groups excluding carboxylic acids is 1. The predicted molar refractivity (Wildman–Crippen MR) is 69.5 cm³/mol. The van der Waals surface area contributed by atoms with Gasteiger partial charge in [0.15, 0.2) is 0 Å². The summed E-state index contributed by atoms with van der Waals surface area (Å²) in [6.45, 7) is 1.81. The lowest BCUT2D eigenvalue weighted by Gasteiger charge is -2.15. The van der Waals surface area contributed by atoms with Gasteiger partial charge >= 0.3 is 0 Å². The van der Waals surface area contributed by atoms with E-state index in [4.69, 9.17) is 22.3 Å². The summed E-state index contributed by atoms with van der Waals surface area (Å²) >= 11 is 5.84. The van der Waals surface area contributed by atoms with Gasteiger partial charge in [-0.15, -0.1) is 0 Å². The average molecular weight is 309 g/mol. The number of carbonyl (C=O) groups is 1. The van der Waals surface area contributed by atoms with Crippen LogP contribution in [-0.2, 0) is 13.8 Å². The van der Waals surface area contributed by atoms with E-state index in [-0.39, 0.29) is 18.9 Å². The van der Waals surface area contributed by atoms with E-state index in [0.29, 0.717) is 10.8 Å². The number of anilines is 1. The fourth-order valence-corrected chi connectivity index (χ4v) is 2.89. The van der Waals surface area contributed by atoms with Crippen LogP contribution < -0.4 is 4.90 Å². The van der Waals surface area contributed by atoms with Crippen molar-refractivity contribution in [3.05, 3.63) is 22.8 Å². The summed E-state index contributed by atoms with van der Waals surface area (Å²) in [5.41, 5.74) is 0.770. The Morgan fingerprint density at radius 1 is 1.50 bits per heavy atom. The van der Waals surface area contributed by atoms with Crippen molar-refractivity contribution in [3.63, 3.8) is 0 Å². The molecule has 1 fully saturated rings. The zero-order chi connectivity index (χ0) is 13.5. The Hall–Kier alpha value is -0.850. The normalized spacial score (nSPS) is 20.5. The molecule has 1 amide bonds. The van der Waals surface area contributed by atoms with Gasteiger partial charge in [0.1, 0.15) is 11.1 Å². The number of aryl methyl sites for hydroxylation is 1. The molecule has 1 atom stereocenters. The molecule has 0 radical (unpaired) electrons. The Kier molecular flexibility index (Phi) is 3.53. The monoisotopic (exact) mass is 308 g/mol. The Bertz CT molecular complexity index is 603. The number of pyridine rings is 1. The van der Waals surface area contributed by atoms with Crippen LogP contribution >= 0.6 is 22.3 Å². The molecule has 1 aliphatic rings. The Labute approximate surface area is 114 Å². The maximum absolute atomic E-state index is 11.8. The van der Waals surface area contributed by atoms with Crippen LogP contribution in [0.25, 0.3) is 0 Å². The highest BCUT2D eigenvalue weighted by atomic mass is 35.7. The first-order chi connectivity index (χ1) is 8.29. The lowest BCUT2D eigenvalue weighted by Crippen LogP contribution is -2.27. The first-order valence-corrected chi connectivity index (χ1v) is 7.90. The summed E-state index contributed by atoms with van der Waals surface area (Å²) in [5, 5.41) is -0.392. The first-order valence-electron chi connectivity index (χ1n) is 5.15. The van der Waals surface area contributed by atoms with Crippen LogP contribution in [0.3, 0.4) is 0 Å². The summed E-state index contributed by atoms with van der Waals surface area (Å²) in [6, 6.07) is 1.64. The SMILES string of the molecule is Cc1cc(N2CC(S(=O)(=O)Cl)CC2=O)ncc1Cl. The van der Waals surface area contributed by atoms with Gasteiger partial charge in [-0.2, -0.15) is 0 Å². The number of hydrogen-bond donors (Lipinski definition) is 0. The van der Waals surface area contributed by atoms with Crippen molar-refractivity contribution in [2.75, 3.05) is 11.4 Å². The van der Waals surface area contributed by atoms with Crippen molar-refractivity contribution >= 4 is 43.1 Å². The Balaban J connectivity index is 2.30. The molecule has 18 heavy (non-hydrogen) atoms. The zero-order valence-corrected chi connectivity index (χ0v) is 11.8. The molecule has 1 unspecified atom stereocenters. The Morgan fingerprint density at radius 2 is 2.17 bits per heavy atom. The molecule has 0 aliphatic carbocycles. The van der Waals surface area contributed by atoms with Gasteiger partial charge in [0.2, 0.25) is 15.0 Å². The van der Waals surface area contributed by atoms with E-state index < -0.39 is 14.3 Å². The number of halogens is 2. The molecule has 1 aromatic heterocycles. The van der Waals surface area contributed by atoms with Crippen LogP contribution in [0.15, 0.2) is 12.3 Å². The van der Waals surface area contributed by atoms with Crippen molar-refractivity contribution in [1.29, 1.82) is 0 Å². The molecule has 8 heteroatoms. The van der Waals surface area contributed by atoms with E-state index in [1.165, 1.54) is 11.1 Å². The first kappa shape index (κ1) is 13.6. The third-order valence-electron chi connectivity index (χ3n) is 2.80. The fraction of sp³-hybridized carbons (Fsp3) is 0.400.